The summed E-state index contributed by atoms with van der Waals surface area (Å²) in [6.45, 7) is 1.53. The average Bonchev–Trinajstić information content (AvgIpc) is 2.49. The Morgan fingerprint density at radius 1 is 0.895 bits per heavy atom. The van der Waals surface area contributed by atoms with Crippen molar-refractivity contribution in [1.29, 1.82) is 0 Å². The Hall–Kier alpha value is -1.64. The van der Waals surface area contributed by atoms with Gasteiger partial charge >= 0.3 is 0 Å². The summed E-state index contributed by atoms with van der Waals surface area (Å²) in [4.78, 5) is 0. The minimum atomic E-state index is 0.219. The Morgan fingerprint density at radius 2 is 1.58 bits per heavy atom. The van der Waals surface area contributed by atoms with Crippen LogP contribution in [0.5, 0.6) is 0 Å². The molecule has 2 aromatic carbocycles. The molecule has 1 aliphatic rings. The summed E-state index contributed by atoms with van der Waals surface area (Å²) in [5.74, 6) is 0.332. The molecule has 2 heteroatoms. The summed E-state index contributed by atoms with van der Waals surface area (Å²) in [5.41, 5.74) is 9.96. The molecule has 1 aliphatic heterocycles. The summed E-state index contributed by atoms with van der Waals surface area (Å²) < 4.78 is 5.54. The van der Waals surface area contributed by atoms with Crippen LogP contribution < -0.4 is 5.73 Å². The van der Waals surface area contributed by atoms with Gasteiger partial charge in [-0.25, -0.2) is 0 Å². The smallest absolute Gasteiger partial charge is 0.0549 e. The third kappa shape index (κ3) is 2.70. The van der Waals surface area contributed by atoms with Crippen molar-refractivity contribution < 1.29 is 4.74 Å². The van der Waals surface area contributed by atoms with Gasteiger partial charge in [0.25, 0.3) is 0 Å². The lowest BCUT2D eigenvalue weighted by Gasteiger charge is -2.29. The predicted octanol–water partition coefficient (Wildman–Crippen LogP) is 3.18. The van der Waals surface area contributed by atoms with Crippen LogP contribution in [0.4, 0.5) is 0 Å². The second-order valence-electron chi connectivity index (χ2n) is 5.12. The van der Waals surface area contributed by atoms with E-state index in [2.05, 4.69) is 48.5 Å². The third-order valence-corrected chi connectivity index (χ3v) is 3.86. The maximum Gasteiger partial charge on any atom is 0.0549 e. The fraction of sp³-hybridized carbons (Fsp3) is 0.294. The highest BCUT2D eigenvalue weighted by molar-refractivity contribution is 5.63. The van der Waals surface area contributed by atoms with Crippen molar-refractivity contribution in [3.05, 3.63) is 60.2 Å². The van der Waals surface area contributed by atoms with Gasteiger partial charge in [-0.1, -0.05) is 54.6 Å². The topological polar surface area (TPSA) is 35.2 Å². The molecular weight excluding hydrogens is 234 g/mol. The van der Waals surface area contributed by atoms with Gasteiger partial charge in [-0.2, -0.15) is 0 Å². The number of hydrogen-bond acceptors (Lipinski definition) is 2. The summed E-state index contributed by atoms with van der Waals surface area (Å²) >= 11 is 0. The number of ether oxygens (including phenoxy) is 1. The molecule has 1 saturated heterocycles. The quantitative estimate of drug-likeness (QED) is 0.892. The van der Waals surface area contributed by atoms with Crippen LogP contribution in [-0.2, 0) is 4.74 Å². The SMILES string of the molecule is N[C@H]1CCOC[C@@H]1c1ccc(-c2ccccc2)cc1. The van der Waals surface area contributed by atoms with Crippen molar-refractivity contribution in [2.75, 3.05) is 13.2 Å². The second-order valence-corrected chi connectivity index (χ2v) is 5.12. The monoisotopic (exact) mass is 253 g/mol. The van der Waals surface area contributed by atoms with Gasteiger partial charge in [0.2, 0.25) is 0 Å². The van der Waals surface area contributed by atoms with E-state index in [1.807, 2.05) is 6.07 Å². The summed E-state index contributed by atoms with van der Waals surface area (Å²) in [7, 11) is 0. The van der Waals surface area contributed by atoms with Crippen molar-refractivity contribution in [2.45, 2.75) is 18.4 Å². The lowest BCUT2D eigenvalue weighted by molar-refractivity contribution is 0.0691. The number of rotatable bonds is 2. The van der Waals surface area contributed by atoms with Crippen molar-refractivity contribution >= 4 is 0 Å². The van der Waals surface area contributed by atoms with E-state index in [1.165, 1.54) is 16.7 Å². The van der Waals surface area contributed by atoms with Crippen LogP contribution >= 0.6 is 0 Å². The zero-order valence-electron chi connectivity index (χ0n) is 11.0. The highest BCUT2D eigenvalue weighted by Crippen LogP contribution is 2.27. The molecule has 0 radical (unpaired) electrons. The van der Waals surface area contributed by atoms with Gasteiger partial charge in [0.15, 0.2) is 0 Å². The van der Waals surface area contributed by atoms with E-state index in [0.717, 1.165) is 19.6 Å². The number of nitrogens with two attached hydrogens (primary N) is 1. The predicted molar refractivity (Wildman–Crippen MR) is 78.0 cm³/mol. The maximum absolute atomic E-state index is 6.18. The molecule has 98 valence electrons. The molecule has 19 heavy (non-hydrogen) atoms. The first-order chi connectivity index (χ1) is 9.34. The summed E-state index contributed by atoms with van der Waals surface area (Å²) in [5, 5.41) is 0. The standard InChI is InChI=1S/C17H19NO/c18-17-10-11-19-12-16(17)15-8-6-14(7-9-15)13-4-2-1-3-5-13/h1-9,16-17H,10-12,18H2/t16-,17+/m1/s1. The van der Waals surface area contributed by atoms with Gasteiger partial charge in [-0.15, -0.1) is 0 Å². The molecule has 0 spiro atoms. The normalized spacial score (nSPS) is 23.2. The van der Waals surface area contributed by atoms with Crippen molar-refractivity contribution in [3.63, 3.8) is 0 Å². The Labute approximate surface area is 114 Å². The first kappa shape index (κ1) is 12.4. The molecule has 0 aromatic heterocycles. The van der Waals surface area contributed by atoms with Crippen LogP contribution in [0.3, 0.4) is 0 Å². The Morgan fingerprint density at radius 3 is 2.26 bits per heavy atom. The van der Waals surface area contributed by atoms with Crippen LogP contribution in [0.25, 0.3) is 11.1 Å². The largest absolute Gasteiger partial charge is 0.381 e. The fourth-order valence-electron chi connectivity index (χ4n) is 2.65. The highest BCUT2D eigenvalue weighted by atomic mass is 16.5. The molecule has 2 nitrogen and oxygen atoms in total. The fourth-order valence-corrected chi connectivity index (χ4v) is 2.65. The molecule has 1 heterocycles. The second kappa shape index (κ2) is 5.55. The lowest BCUT2D eigenvalue weighted by Crippen LogP contribution is -2.36. The number of hydrogen-bond donors (Lipinski definition) is 1. The van der Waals surface area contributed by atoms with Crippen LogP contribution in [0, 0.1) is 0 Å². The molecule has 1 fully saturated rings. The third-order valence-electron chi connectivity index (χ3n) is 3.86. The highest BCUT2D eigenvalue weighted by Gasteiger charge is 2.23. The van der Waals surface area contributed by atoms with E-state index in [9.17, 15) is 0 Å². The van der Waals surface area contributed by atoms with Gasteiger partial charge in [0.05, 0.1) is 6.61 Å². The molecule has 0 aliphatic carbocycles. The van der Waals surface area contributed by atoms with Crippen molar-refractivity contribution in [1.82, 2.24) is 0 Å². The molecule has 0 bridgehead atoms. The Balaban J connectivity index is 1.83. The van der Waals surface area contributed by atoms with E-state index in [-0.39, 0.29) is 6.04 Å². The zero-order chi connectivity index (χ0) is 13.1. The van der Waals surface area contributed by atoms with Crippen LogP contribution in [-0.4, -0.2) is 19.3 Å². The van der Waals surface area contributed by atoms with Gasteiger partial charge in [-0.3, -0.25) is 0 Å². The summed E-state index contributed by atoms with van der Waals surface area (Å²) in [6, 6.07) is 19.4. The van der Waals surface area contributed by atoms with E-state index < -0.39 is 0 Å². The van der Waals surface area contributed by atoms with Gasteiger partial charge in [-0.05, 0) is 23.1 Å². The van der Waals surface area contributed by atoms with E-state index in [1.54, 1.807) is 0 Å². The van der Waals surface area contributed by atoms with Crippen LogP contribution in [0.2, 0.25) is 0 Å². The Kier molecular flexibility index (Phi) is 3.62. The van der Waals surface area contributed by atoms with E-state index in [4.69, 9.17) is 10.5 Å². The first-order valence-corrected chi connectivity index (χ1v) is 6.83. The molecule has 0 amide bonds. The minimum absolute atomic E-state index is 0.219. The van der Waals surface area contributed by atoms with E-state index in [0.29, 0.717) is 5.92 Å². The molecule has 2 atom stereocenters. The molecule has 0 unspecified atom stereocenters. The minimum Gasteiger partial charge on any atom is -0.381 e. The summed E-state index contributed by atoms with van der Waals surface area (Å²) in [6.07, 6.45) is 0.950. The average molecular weight is 253 g/mol. The van der Waals surface area contributed by atoms with Crippen LogP contribution in [0.1, 0.15) is 17.9 Å². The molecule has 2 N–H and O–H groups in total. The van der Waals surface area contributed by atoms with Gasteiger partial charge < -0.3 is 10.5 Å². The molecule has 0 saturated carbocycles. The molecule has 2 aromatic rings. The van der Waals surface area contributed by atoms with Crippen molar-refractivity contribution in [3.8, 4) is 11.1 Å². The lowest BCUT2D eigenvalue weighted by atomic mass is 9.88. The first-order valence-electron chi connectivity index (χ1n) is 6.83. The molecular formula is C17H19NO. The van der Waals surface area contributed by atoms with Crippen LogP contribution in [0.15, 0.2) is 54.6 Å². The van der Waals surface area contributed by atoms with Crippen molar-refractivity contribution in [2.24, 2.45) is 5.73 Å². The van der Waals surface area contributed by atoms with E-state index >= 15 is 0 Å². The zero-order valence-corrected chi connectivity index (χ0v) is 11.0. The van der Waals surface area contributed by atoms with Gasteiger partial charge in [0, 0.05) is 18.6 Å². The maximum atomic E-state index is 6.18. The Bertz CT molecular complexity index is 521. The molecule has 3 rings (SSSR count). The number of benzene rings is 2. The van der Waals surface area contributed by atoms with Gasteiger partial charge in [0.1, 0.15) is 0 Å².